The molecule has 0 unspecified atom stereocenters. The van der Waals surface area contributed by atoms with Crippen molar-refractivity contribution in [3.05, 3.63) is 42.0 Å². The number of benzene rings is 1. The molecule has 0 radical (unpaired) electrons. The highest BCUT2D eigenvalue weighted by Crippen LogP contribution is 2.19. The van der Waals surface area contributed by atoms with Gasteiger partial charge in [-0.15, -0.1) is 5.10 Å². The highest BCUT2D eigenvalue weighted by atomic mass is 16.2. The van der Waals surface area contributed by atoms with Crippen LogP contribution in [-0.2, 0) is 7.05 Å². The SMILES string of the molecule is Cc1ccc(NC(=O)Nc2cn(C)nc2C)cc1-n1cnnn1. The summed E-state index contributed by atoms with van der Waals surface area (Å²) in [6.07, 6.45) is 3.25. The summed E-state index contributed by atoms with van der Waals surface area (Å²) in [7, 11) is 1.80. The molecule has 9 nitrogen and oxygen atoms in total. The second kappa shape index (κ2) is 5.87. The van der Waals surface area contributed by atoms with E-state index < -0.39 is 0 Å². The Morgan fingerprint density at radius 3 is 2.70 bits per heavy atom. The standard InChI is InChI=1S/C14H16N8O/c1-9-4-5-11(6-13(9)22-8-15-19-20-22)16-14(23)17-12-7-21(3)18-10(12)2/h4-8H,1-3H3,(H2,16,17,23). The van der Waals surface area contributed by atoms with Crippen LogP contribution in [0.5, 0.6) is 0 Å². The molecule has 3 aromatic rings. The molecular weight excluding hydrogens is 296 g/mol. The van der Waals surface area contributed by atoms with Crippen LogP contribution in [0.15, 0.2) is 30.7 Å². The van der Waals surface area contributed by atoms with E-state index in [1.54, 1.807) is 28.7 Å². The molecule has 0 fully saturated rings. The van der Waals surface area contributed by atoms with Crippen LogP contribution in [0.3, 0.4) is 0 Å². The number of tetrazole rings is 1. The summed E-state index contributed by atoms with van der Waals surface area (Å²) in [5.41, 5.74) is 3.84. The molecule has 2 amide bonds. The van der Waals surface area contributed by atoms with Crippen molar-refractivity contribution in [2.75, 3.05) is 10.6 Å². The summed E-state index contributed by atoms with van der Waals surface area (Å²) in [5, 5.41) is 20.8. The third-order valence-corrected chi connectivity index (χ3v) is 3.32. The van der Waals surface area contributed by atoms with Crippen molar-refractivity contribution in [2.24, 2.45) is 7.05 Å². The number of carbonyl (C=O) groups excluding carboxylic acids is 1. The first-order valence-corrected chi connectivity index (χ1v) is 6.95. The zero-order valence-corrected chi connectivity index (χ0v) is 13.0. The molecule has 9 heteroatoms. The molecule has 0 spiro atoms. The van der Waals surface area contributed by atoms with Gasteiger partial charge in [-0.25, -0.2) is 9.48 Å². The van der Waals surface area contributed by atoms with E-state index in [1.165, 1.54) is 6.33 Å². The number of amides is 2. The van der Waals surface area contributed by atoms with E-state index in [4.69, 9.17) is 0 Å². The molecule has 3 rings (SSSR count). The van der Waals surface area contributed by atoms with Crippen molar-refractivity contribution in [3.63, 3.8) is 0 Å². The van der Waals surface area contributed by atoms with E-state index in [0.717, 1.165) is 16.9 Å². The minimum Gasteiger partial charge on any atom is -0.308 e. The first kappa shape index (κ1) is 14.7. The largest absolute Gasteiger partial charge is 0.323 e. The van der Waals surface area contributed by atoms with Gasteiger partial charge < -0.3 is 10.6 Å². The van der Waals surface area contributed by atoms with Crippen LogP contribution < -0.4 is 10.6 Å². The molecular formula is C14H16N8O. The van der Waals surface area contributed by atoms with Crippen LogP contribution in [0.25, 0.3) is 5.69 Å². The summed E-state index contributed by atoms with van der Waals surface area (Å²) >= 11 is 0. The molecule has 2 heterocycles. The van der Waals surface area contributed by atoms with Gasteiger partial charge in [0.15, 0.2) is 0 Å². The Morgan fingerprint density at radius 1 is 1.22 bits per heavy atom. The molecule has 118 valence electrons. The number of nitrogens with zero attached hydrogens (tertiary/aromatic N) is 6. The van der Waals surface area contributed by atoms with E-state index in [0.29, 0.717) is 11.4 Å². The van der Waals surface area contributed by atoms with E-state index in [9.17, 15) is 4.79 Å². The molecule has 23 heavy (non-hydrogen) atoms. The van der Waals surface area contributed by atoms with E-state index >= 15 is 0 Å². The van der Waals surface area contributed by atoms with Gasteiger partial charge in [0.2, 0.25) is 0 Å². The maximum atomic E-state index is 12.1. The van der Waals surface area contributed by atoms with Crippen molar-refractivity contribution < 1.29 is 4.79 Å². The number of hydrogen-bond acceptors (Lipinski definition) is 5. The Kier molecular flexibility index (Phi) is 3.75. The smallest absolute Gasteiger partial charge is 0.308 e. The summed E-state index contributed by atoms with van der Waals surface area (Å²) in [5.74, 6) is 0. The quantitative estimate of drug-likeness (QED) is 0.765. The normalized spacial score (nSPS) is 10.6. The summed E-state index contributed by atoms with van der Waals surface area (Å²) in [6, 6.07) is 5.18. The molecule has 0 aliphatic rings. The lowest BCUT2D eigenvalue weighted by molar-refractivity contribution is 0.262. The van der Waals surface area contributed by atoms with E-state index in [-0.39, 0.29) is 6.03 Å². The van der Waals surface area contributed by atoms with Crippen molar-refractivity contribution in [3.8, 4) is 5.69 Å². The number of rotatable bonds is 3. The van der Waals surface area contributed by atoms with Gasteiger partial charge in [0, 0.05) is 18.9 Å². The van der Waals surface area contributed by atoms with Gasteiger partial charge in [-0.2, -0.15) is 5.10 Å². The van der Waals surface area contributed by atoms with Crippen LogP contribution in [0.2, 0.25) is 0 Å². The number of aromatic nitrogens is 6. The lowest BCUT2D eigenvalue weighted by Crippen LogP contribution is -2.19. The Labute approximate surface area is 132 Å². The first-order chi connectivity index (χ1) is 11.0. The third kappa shape index (κ3) is 3.18. The van der Waals surface area contributed by atoms with Crippen molar-refractivity contribution in [2.45, 2.75) is 13.8 Å². The predicted molar refractivity (Wildman–Crippen MR) is 84.5 cm³/mol. The van der Waals surface area contributed by atoms with Gasteiger partial charge in [-0.3, -0.25) is 4.68 Å². The number of hydrogen-bond donors (Lipinski definition) is 2. The number of nitrogens with one attached hydrogen (secondary N) is 2. The topological polar surface area (TPSA) is 103 Å². The molecule has 0 atom stereocenters. The summed E-state index contributed by atoms with van der Waals surface area (Å²) in [6.45, 7) is 3.77. The van der Waals surface area contributed by atoms with Crippen LogP contribution in [0, 0.1) is 13.8 Å². The fourth-order valence-electron chi connectivity index (χ4n) is 2.21. The molecule has 2 aromatic heterocycles. The summed E-state index contributed by atoms with van der Waals surface area (Å²) in [4.78, 5) is 12.1. The minimum absolute atomic E-state index is 0.340. The zero-order valence-electron chi connectivity index (χ0n) is 13.0. The van der Waals surface area contributed by atoms with Crippen molar-refractivity contribution in [1.29, 1.82) is 0 Å². The second-order valence-corrected chi connectivity index (χ2v) is 5.14. The monoisotopic (exact) mass is 312 g/mol. The molecule has 0 aliphatic heterocycles. The molecule has 0 saturated carbocycles. The summed E-state index contributed by atoms with van der Waals surface area (Å²) < 4.78 is 3.19. The predicted octanol–water partition coefficient (Wildman–Crippen LogP) is 1.66. The van der Waals surface area contributed by atoms with Crippen LogP contribution in [0.1, 0.15) is 11.3 Å². The van der Waals surface area contributed by atoms with Crippen molar-refractivity contribution in [1.82, 2.24) is 30.0 Å². The van der Waals surface area contributed by atoms with Gasteiger partial charge in [0.05, 0.1) is 17.1 Å². The molecule has 0 saturated heterocycles. The van der Waals surface area contributed by atoms with Gasteiger partial charge in [-0.05, 0) is 42.0 Å². The number of carbonyl (C=O) groups is 1. The maximum absolute atomic E-state index is 12.1. The Morgan fingerprint density at radius 2 is 2.04 bits per heavy atom. The van der Waals surface area contributed by atoms with Crippen LogP contribution in [-0.4, -0.2) is 36.0 Å². The Bertz CT molecular complexity index is 837. The third-order valence-electron chi connectivity index (χ3n) is 3.32. The molecule has 0 aliphatic carbocycles. The number of aryl methyl sites for hydroxylation is 3. The maximum Gasteiger partial charge on any atom is 0.323 e. The lowest BCUT2D eigenvalue weighted by atomic mass is 10.2. The highest BCUT2D eigenvalue weighted by Gasteiger charge is 2.09. The Hall–Kier alpha value is -3.23. The van der Waals surface area contributed by atoms with E-state index in [2.05, 4.69) is 31.3 Å². The van der Waals surface area contributed by atoms with E-state index in [1.807, 2.05) is 26.0 Å². The van der Waals surface area contributed by atoms with Crippen LogP contribution >= 0.6 is 0 Å². The van der Waals surface area contributed by atoms with Crippen molar-refractivity contribution >= 4 is 17.4 Å². The van der Waals surface area contributed by atoms with Gasteiger partial charge in [0.1, 0.15) is 6.33 Å². The van der Waals surface area contributed by atoms with Crippen LogP contribution in [0.4, 0.5) is 16.2 Å². The zero-order chi connectivity index (χ0) is 16.4. The fraction of sp³-hybridized carbons (Fsp3) is 0.214. The lowest BCUT2D eigenvalue weighted by Gasteiger charge is -2.10. The fourth-order valence-corrected chi connectivity index (χ4v) is 2.21. The van der Waals surface area contributed by atoms with Gasteiger partial charge in [-0.1, -0.05) is 6.07 Å². The average molecular weight is 312 g/mol. The molecule has 0 bridgehead atoms. The number of urea groups is 1. The number of anilines is 2. The molecule has 1 aromatic carbocycles. The highest BCUT2D eigenvalue weighted by molar-refractivity contribution is 6.00. The average Bonchev–Trinajstić information content (AvgIpc) is 3.11. The Balaban J connectivity index is 1.76. The molecule has 2 N–H and O–H groups in total. The minimum atomic E-state index is -0.340. The first-order valence-electron chi connectivity index (χ1n) is 6.95. The van der Waals surface area contributed by atoms with Gasteiger partial charge >= 0.3 is 6.03 Å². The second-order valence-electron chi connectivity index (χ2n) is 5.14. The van der Waals surface area contributed by atoms with Gasteiger partial charge in [0.25, 0.3) is 0 Å².